The normalized spacial score (nSPS) is 23.3. The predicted molar refractivity (Wildman–Crippen MR) is 93.4 cm³/mol. The average Bonchev–Trinajstić information content (AvgIpc) is 2.99. The first-order valence-electron chi connectivity index (χ1n) is 7.76. The summed E-state index contributed by atoms with van der Waals surface area (Å²) in [5.74, 6) is 0.823. The summed E-state index contributed by atoms with van der Waals surface area (Å²) in [5.41, 5.74) is 1.19. The third kappa shape index (κ3) is 4.27. The predicted octanol–water partition coefficient (Wildman–Crippen LogP) is 2.25. The minimum atomic E-state index is 0. The largest absolute Gasteiger partial charge is 0.497 e. The first-order valence-corrected chi connectivity index (χ1v) is 8.13. The van der Waals surface area contributed by atoms with Gasteiger partial charge in [-0.1, -0.05) is 17.7 Å². The van der Waals surface area contributed by atoms with Gasteiger partial charge in [-0.3, -0.25) is 9.80 Å². The number of hydrogen-bond acceptors (Lipinski definition) is 4. The molecule has 4 nitrogen and oxygen atoms in total. The smallest absolute Gasteiger partial charge is 0.120 e. The van der Waals surface area contributed by atoms with Crippen LogP contribution in [-0.4, -0.2) is 62.2 Å². The van der Waals surface area contributed by atoms with E-state index in [4.69, 9.17) is 16.3 Å². The van der Waals surface area contributed by atoms with E-state index in [0.717, 1.165) is 43.5 Å². The Labute approximate surface area is 144 Å². The van der Waals surface area contributed by atoms with Crippen LogP contribution < -0.4 is 10.1 Å². The van der Waals surface area contributed by atoms with Crippen molar-refractivity contribution in [2.24, 2.45) is 0 Å². The second kappa shape index (κ2) is 8.37. The van der Waals surface area contributed by atoms with Gasteiger partial charge >= 0.3 is 0 Å². The van der Waals surface area contributed by atoms with Gasteiger partial charge in [0, 0.05) is 56.9 Å². The lowest BCUT2D eigenvalue weighted by molar-refractivity contribution is 0.170. The van der Waals surface area contributed by atoms with Crippen LogP contribution in [0.5, 0.6) is 5.75 Å². The van der Waals surface area contributed by atoms with Gasteiger partial charge in [0.25, 0.3) is 0 Å². The van der Waals surface area contributed by atoms with E-state index < -0.39 is 0 Å². The monoisotopic (exact) mass is 345 g/mol. The van der Waals surface area contributed by atoms with Gasteiger partial charge < -0.3 is 10.1 Å². The summed E-state index contributed by atoms with van der Waals surface area (Å²) in [6.07, 6.45) is 1.27. The number of hydrogen-bond donors (Lipinski definition) is 1. The molecule has 1 aromatic carbocycles. The molecule has 0 aliphatic carbocycles. The van der Waals surface area contributed by atoms with E-state index in [1.807, 2.05) is 12.1 Å². The Morgan fingerprint density at radius 1 is 1.27 bits per heavy atom. The van der Waals surface area contributed by atoms with E-state index in [1.165, 1.54) is 25.1 Å². The van der Waals surface area contributed by atoms with E-state index in [0.29, 0.717) is 6.04 Å². The van der Waals surface area contributed by atoms with Crippen LogP contribution in [0.15, 0.2) is 18.2 Å². The SMILES string of the molecule is COc1ccc(CN2CCC(N3CCNCC3)C2)c(Cl)c1.Cl. The summed E-state index contributed by atoms with van der Waals surface area (Å²) in [5, 5.41) is 4.23. The minimum Gasteiger partial charge on any atom is -0.497 e. The molecule has 0 amide bonds. The minimum absolute atomic E-state index is 0. The molecule has 0 radical (unpaired) electrons. The zero-order chi connectivity index (χ0) is 14.7. The maximum absolute atomic E-state index is 6.35. The number of rotatable bonds is 4. The second-order valence-electron chi connectivity index (χ2n) is 5.92. The third-order valence-electron chi connectivity index (χ3n) is 4.57. The van der Waals surface area contributed by atoms with Gasteiger partial charge in [0.05, 0.1) is 7.11 Å². The highest BCUT2D eigenvalue weighted by Gasteiger charge is 2.28. The highest BCUT2D eigenvalue weighted by Crippen LogP contribution is 2.25. The van der Waals surface area contributed by atoms with Crippen LogP contribution in [0.4, 0.5) is 0 Å². The number of ether oxygens (including phenoxy) is 1. The summed E-state index contributed by atoms with van der Waals surface area (Å²) in [6.45, 7) is 7.87. The third-order valence-corrected chi connectivity index (χ3v) is 4.92. The van der Waals surface area contributed by atoms with Crippen LogP contribution in [0, 0.1) is 0 Å². The molecule has 0 aromatic heterocycles. The zero-order valence-electron chi connectivity index (χ0n) is 13.1. The summed E-state index contributed by atoms with van der Waals surface area (Å²) >= 11 is 6.35. The Hall–Kier alpha value is -0.520. The Morgan fingerprint density at radius 2 is 2.05 bits per heavy atom. The maximum Gasteiger partial charge on any atom is 0.120 e. The molecule has 0 saturated carbocycles. The molecule has 22 heavy (non-hydrogen) atoms. The fourth-order valence-corrected chi connectivity index (χ4v) is 3.56. The maximum atomic E-state index is 6.35. The van der Waals surface area contributed by atoms with Gasteiger partial charge in [0.1, 0.15) is 5.75 Å². The Balaban J connectivity index is 0.00000176. The summed E-state index contributed by atoms with van der Waals surface area (Å²) in [6, 6.07) is 6.69. The number of halogens is 2. The molecule has 2 heterocycles. The zero-order valence-corrected chi connectivity index (χ0v) is 14.6. The quantitative estimate of drug-likeness (QED) is 0.905. The molecule has 0 bridgehead atoms. The van der Waals surface area contributed by atoms with Gasteiger partial charge in [0.2, 0.25) is 0 Å². The molecule has 0 spiro atoms. The van der Waals surface area contributed by atoms with Crippen molar-refractivity contribution in [2.75, 3.05) is 46.4 Å². The lowest BCUT2D eigenvalue weighted by Gasteiger charge is -2.32. The lowest BCUT2D eigenvalue weighted by Crippen LogP contribution is -2.49. The molecule has 1 N–H and O–H groups in total. The molecule has 124 valence electrons. The van der Waals surface area contributed by atoms with Crippen LogP contribution in [-0.2, 0) is 6.54 Å². The number of nitrogens with zero attached hydrogens (tertiary/aromatic N) is 2. The molecule has 1 unspecified atom stereocenters. The van der Waals surface area contributed by atoms with Gasteiger partial charge in [-0.05, 0) is 24.1 Å². The lowest BCUT2D eigenvalue weighted by atomic mass is 10.2. The number of piperazine rings is 1. The van der Waals surface area contributed by atoms with Crippen molar-refractivity contribution >= 4 is 24.0 Å². The van der Waals surface area contributed by atoms with Crippen molar-refractivity contribution in [3.8, 4) is 5.75 Å². The Morgan fingerprint density at radius 3 is 2.73 bits per heavy atom. The fourth-order valence-electron chi connectivity index (χ4n) is 3.33. The molecule has 6 heteroatoms. The highest BCUT2D eigenvalue weighted by molar-refractivity contribution is 6.31. The van der Waals surface area contributed by atoms with Gasteiger partial charge in [-0.2, -0.15) is 0 Å². The molecule has 2 fully saturated rings. The van der Waals surface area contributed by atoms with Crippen LogP contribution in [0.3, 0.4) is 0 Å². The molecule has 2 aliphatic heterocycles. The number of likely N-dealkylation sites (tertiary alicyclic amines) is 1. The second-order valence-corrected chi connectivity index (χ2v) is 6.33. The average molecular weight is 346 g/mol. The fraction of sp³-hybridized carbons (Fsp3) is 0.625. The van der Waals surface area contributed by atoms with Crippen molar-refractivity contribution in [3.05, 3.63) is 28.8 Å². The molecule has 1 atom stereocenters. The standard InChI is InChI=1S/C16H24ClN3O.ClH/c1-21-15-3-2-13(16(17)10-15)11-19-7-4-14(12-19)20-8-5-18-6-9-20;/h2-3,10,14,18H,4-9,11-12H2,1H3;1H. The Kier molecular flexibility index (Phi) is 6.78. The topological polar surface area (TPSA) is 27.7 Å². The van der Waals surface area contributed by atoms with Crippen molar-refractivity contribution in [3.63, 3.8) is 0 Å². The van der Waals surface area contributed by atoms with E-state index in [1.54, 1.807) is 7.11 Å². The van der Waals surface area contributed by atoms with Crippen LogP contribution >= 0.6 is 24.0 Å². The van der Waals surface area contributed by atoms with Crippen LogP contribution in [0.2, 0.25) is 5.02 Å². The number of nitrogens with one attached hydrogen (secondary N) is 1. The van der Waals surface area contributed by atoms with E-state index in [-0.39, 0.29) is 12.4 Å². The summed E-state index contributed by atoms with van der Waals surface area (Å²) in [7, 11) is 1.67. The first-order chi connectivity index (χ1) is 10.3. The van der Waals surface area contributed by atoms with E-state index in [9.17, 15) is 0 Å². The molecular weight excluding hydrogens is 321 g/mol. The van der Waals surface area contributed by atoms with Gasteiger partial charge in [-0.25, -0.2) is 0 Å². The van der Waals surface area contributed by atoms with Crippen LogP contribution in [0.1, 0.15) is 12.0 Å². The summed E-state index contributed by atoms with van der Waals surface area (Å²) in [4.78, 5) is 5.15. The molecule has 2 aliphatic rings. The van der Waals surface area contributed by atoms with Crippen LogP contribution in [0.25, 0.3) is 0 Å². The summed E-state index contributed by atoms with van der Waals surface area (Å²) < 4.78 is 5.21. The molecule has 3 rings (SSSR count). The van der Waals surface area contributed by atoms with Crippen molar-refractivity contribution < 1.29 is 4.74 Å². The van der Waals surface area contributed by atoms with E-state index >= 15 is 0 Å². The molecular formula is C16H25Cl2N3O. The van der Waals surface area contributed by atoms with Crippen molar-refractivity contribution in [2.45, 2.75) is 19.0 Å². The first kappa shape index (κ1) is 17.8. The highest BCUT2D eigenvalue weighted by atomic mass is 35.5. The van der Waals surface area contributed by atoms with Gasteiger partial charge in [-0.15, -0.1) is 12.4 Å². The van der Waals surface area contributed by atoms with Gasteiger partial charge in [0.15, 0.2) is 0 Å². The van der Waals surface area contributed by atoms with Crippen molar-refractivity contribution in [1.82, 2.24) is 15.1 Å². The number of methoxy groups -OCH3 is 1. The number of benzene rings is 1. The van der Waals surface area contributed by atoms with E-state index in [2.05, 4.69) is 21.2 Å². The molecule has 1 aromatic rings. The van der Waals surface area contributed by atoms with Crippen molar-refractivity contribution in [1.29, 1.82) is 0 Å². The molecule has 2 saturated heterocycles. The Bertz CT molecular complexity index is 480.